The van der Waals surface area contributed by atoms with Crippen LogP contribution in [0, 0.1) is 0 Å². The highest BCUT2D eigenvalue weighted by atomic mass is 16.5. The van der Waals surface area contributed by atoms with Gasteiger partial charge in [-0.1, -0.05) is 18.2 Å². The first-order valence-electron chi connectivity index (χ1n) is 5.70. The lowest BCUT2D eigenvalue weighted by atomic mass is 10.1. The number of benzene rings is 1. The molecule has 3 nitrogen and oxygen atoms in total. The van der Waals surface area contributed by atoms with Crippen LogP contribution in [0.15, 0.2) is 30.3 Å². The zero-order valence-electron chi connectivity index (χ0n) is 9.90. The van der Waals surface area contributed by atoms with Gasteiger partial charge in [-0.3, -0.25) is 0 Å². The van der Waals surface area contributed by atoms with Crippen molar-refractivity contribution in [1.82, 2.24) is 5.32 Å². The summed E-state index contributed by atoms with van der Waals surface area (Å²) in [5.74, 6) is 0.899. The van der Waals surface area contributed by atoms with Crippen molar-refractivity contribution in [3.05, 3.63) is 30.3 Å². The van der Waals surface area contributed by atoms with Crippen LogP contribution in [0.3, 0.4) is 0 Å². The molecule has 1 aromatic rings. The van der Waals surface area contributed by atoms with Crippen molar-refractivity contribution in [2.75, 3.05) is 19.8 Å². The maximum atomic E-state index is 5.73. The predicted molar refractivity (Wildman–Crippen MR) is 63.8 cm³/mol. The fourth-order valence-electron chi connectivity index (χ4n) is 1.64. The molecule has 1 aliphatic heterocycles. The quantitative estimate of drug-likeness (QED) is 0.844. The molecule has 0 spiro atoms. The van der Waals surface area contributed by atoms with E-state index in [4.69, 9.17) is 9.47 Å². The van der Waals surface area contributed by atoms with Crippen molar-refractivity contribution in [3.63, 3.8) is 0 Å². The second-order valence-corrected chi connectivity index (χ2v) is 4.82. The summed E-state index contributed by atoms with van der Waals surface area (Å²) in [6.07, 6.45) is 0.147. The van der Waals surface area contributed by atoms with Crippen molar-refractivity contribution in [3.8, 4) is 5.75 Å². The molecule has 0 aliphatic carbocycles. The van der Waals surface area contributed by atoms with Crippen molar-refractivity contribution >= 4 is 0 Å². The number of rotatable bonds is 3. The van der Waals surface area contributed by atoms with Crippen LogP contribution in [0.2, 0.25) is 0 Å². The molecule has 1 fully saturated rings. The van der Waals surface area contributed by atoms with E-state index < -0.39 is 0 Å². The zero-order valence-corrected chi connectivity index (χ0v) is 9.90. The molecule has 1 N–H and O–H groups in total. The number of morpholine rings is 1. The topological polar surface area (TPSA) is 30.5 Å². The van der Waals surface area contributed by atoms with E-state index >= 15 is 0 Å². The molecule has 3 heteroatoms. The number of hydrogen-bond donors (Lipinski definition) is 1. The fraction of sp³-hybridized carbons (Fsp3) is 0.538. The normalized spacial score (nSPS) is 24.0. The van der Waals surface area contributed by atoms with Crippen LogP contribution in [-0.2, 0) is 4.74 Å². The summed E-state index contributed by atoms with van der Waals surface area (Å²) < 4.78 is 11.4. The zero-order chi connectivity index (χ0) is 11.4. The number of ether oxygens (including phenoxy) is 2. The van der Waals surface area contributed by atoms with Gasteiger partial charge in [0.1, 0.15) is 18.5 Å². The summed E-state index contributed by atoms with van der Waals surface area (Å²) >= 11 is 0. The van der Waals surface area contributed by atoms with Crippen molar-refractivity contribution in [2.24, 2.45) is 0 Å². The highest BCUT2D eigenvalue weighted by Crippen LogP contribution is 2.13. The maximum absolute atomic E-state index is 5.73. The summed E-state index contributed by atoms with van der Waals surface area (Å²) in [6, 6.07) is 9.84. The van der Waals surface area contributed by atoms with Gasteiger partial charge in [0, 0.05) is 12.1 Å². The number of nitrogens with one attached hydrogen (secondary N) is 1. The molecule has 2 rings (SSSR count). The Labute approximate surface area is 96.8 Å². The first-order chi connectivity index (χ1) is 7.66. The van der Waals surface area contributed by atoms with Gasteiger partial charge < -0.3 is 14.8 Å². The Hall–Kier alpha value is -1.06. The number of para-hydroxylation sites is 1. The smallest absolute Gasteiger partial charge is 0.119 e. The van der Waals surface area contributed by atoms with E-state index in [1.54, 1.807) is 0 Å². The highest BCUT2D eigenvalue weighted by Gasteiger charge is 2.26. The molecule has 1 saturated heterocycles. The van der Waals surface area contributed by atoms with E-state index in [1.165, 1.54) is 0 Å². The SMILES string of the molecule is CC1(C)COC(COc2ccccc2)CN1. The largest absolute Gasteiger partial charge is 0.491 e. The number of hydrogen-bond acceptors (Lipinski definition) is 3. The van der Waals surface area contributed by atoms with E-state index in [2.05, 4.69) is 19.2 Å². The Morgan fingerprint density at radius 1 is 1.38 bits per heavy atom. The van der Waals surface area contributed by atoms with Crippen LogP contribution in [0.5, 0.6) is 5.75 Å². The molecule has 1 aliphatic rings. The van der Waals surface area contributed by atoms with E-state index in [9.17, 15) is 0 Å². The molecule has 1 aromatic carbocycles. The minimum Gasteiger partial charge on any atom is -0.491 e. The van der Waals surface area contributed by atoms with E-state index in [0.29, 0.717) is 6.61 Å². The van der Waals surface area contributed by atoms with E-state index in [1.807, 2.05) is 30.3 Å². The minimum atomic E-state index is 0.0866. The van der Waals surface area contributed by atoms with E-state index in [-0.39, 0.29) is 11.6 Å². The summed E-state index contributed by atoms with van der Waals surface area (Å²) in [5.41, 5.74) is 0.0866. The van der Waals surface area contributed by atoms with Crippen molar-refractivity contribution in [1.29, 1.82) is 0 Å². The molecule has 1 unspecified atom stereocenters. The molecular weight excluding hydrogens is 202 g/mol. The molecule has 0 radical (unpaired) electrons. The molecule has 0 bridgehead atoms. The average Bonchev–Trinajstić information content (AvgIpc) is 2.29. The standard InChI is InChI=1S/C13H19NO2/c1-13(2)10-16-12(8-14-13)9-15-11-6-4-3-5-7-11/h3-7,12,14H,8-10H2,1-2H3. The van der Waals surface area contributed by atoms with Crippen molar-refractivity contribution < 1.29 is 9.47 Å². The summed E-state index contributed by atoms with van der Waals surface area (Å²) in [6.45, 7) is 6.46. The lowest BCUT2D eigenvalue weighted by molar-refractivity contribution is -0.0411. The molecule has 1 heterocycles. The third-order valence-electron chi connectivity index (χ3n) is 2.67. The van der Waals surface area contributed by atoms with Crippen LogP contribution in [0.4, 0.5) is 0 Å². The summed E-state index contributed by atoms with van der Waals surface area (Å²) in [5, 5.41) is 3.44. The van der Waals surface area contributed by atoms with Gasteiger partial charge in [-0.2, -0.15) is 0 Å². The van der Waals surface area contributed by atoms with Gasteiger partial charge >= 0.3 is 0 Å². The Morgan fingerprint density at radius 2 is 2.12 bits per heavy atom. The average molecular weight is 221 g/mol. The van der Waals surface area contributed by atoms with Gasteiger partial charge in [0.2, 0.25) is 0 Å². The van der Waals surface area contributed by atoms with Crippen LogP contribution in [0.1, 0.15) is 13.8 Å². The summed E-state index contributed by atoms with van der Waals surface area (Å²) in [7, 11) is 0. The second kappa shape index (κ2) is 4.85. The van der Waals surface area contributed by atoms with Crippen LogP contribution in [0.25, 0.3) is 0 Å². The molecule has 16 heavy (non-hydrogen) atoms. The van der Waals surface area contributed by atoms with Crippen molar-refractivity contribution in [2.45, 2.75) is 25.5 Å². The molecular formula is C13H19NO2. The molecule has 0 amide bonds. The van der Waals surface area contributed by atoms with Gasteiger partial charge in [-0.05, 0) is 26.0 Å². The fourth-order valence-corrected chi connectivity index (χ4v) is 1.64. The highest BCUT2D eigenvalue weighted by molar-refractivity contribution is 5.20. The Balaban J connectivity index is 1.76. The van der Waals surface area contributed by atoms with Gasteiger partial charge in [-0.25, -0.2) is 0 Å². The van der Waals surface area contributed by atoms with Gasteiger partial charge in [0.05, 0.1) is 6.61 Å². The van der Waals surface area contributed by atoms with E-state index in [0.717, 1.165) is 18.9 Å². The molecule has 88 valence electrons. The van der Waals surface area contributed by atoms with Gasteiger partial charge in [-0.15, -0.1) is 0 Å². The molecule has 0 aromatic heterocycles. The Bertz CT molecular complexity index is 314. The third kappa shape index (κ3) is 3.22. The lowest BCUT2D eigenvalue weighted by Gasteiger charge is -2.35. The molecule has 1 atom stereocenters. The lowest BCUT2D eigenvalue weighted by Crippen LogP contribution is -2.54. The van der Waals surface area contributed by atoms with Gasteiger partial charge in [0.25, 0.3) is 0 Å². The Morgan fingerprint density at radius 3 is 2.75 bits per heavy atom. The third-order valence-corrected chi connectivity index (χ3v) is 2.67. The first kappa shape index (κ1) is 11.4. The van der Waals surface area contributed by atoms with Crippen LogP contribution < -0.4 is 10.1 Å². The Kier molecular flexibility index (Phi) is 3.46. The molecule has 0 saturated carbocycles. The van der Waals surface area contributed by atoms with Crippen LogP contribution in [-0.4, -0.2) is 31.4 Å². The second-order valence-electron chi connectivity index (χ2n) is 4.82. The van der Waals surface area contributed by atoms with Gasteiger partial charge in [0.15, 0.2) is 0 Å². The summed E-state index contributed by atoms with van der Waals surface area (Å²) in [4.78, 5) is 0. The maximum Gasteiger partial charge on any atom is 0.119 e. The monoisotopic (exact) mass is 221 g/mol. The minimum absolute atomic E-state index is 0.0866. The predicted octanol–water partition coefficient (Wildman–Crippen LogP) is 1.83. The van der Waals surface area contributed by atoms with Crippen LogP contribution >= 0.6 is 0 Å². The first-order valence-corrected chi connectivity index (χ1v) is 5.70.